The number of nitrogens with zero attached hydrogens (tertiary/aromatic N) is 4. The summed E-state index contributed by atoms with van der Waals surface area (Å²) in [6, 6.07) is 2.82. The van der Waals surface area contributed by atoms with Gasteiger partial charge in [0.15, 0.2) is 0 Å². The van der Waals surface area contributed by atoms with E-state index in [0.717, 1.165) is 12.4 Å². The van der Waals surface area contributed by atoms with E-state index in [4.69, 9.17) is 0 Å². The molecule has 0 aliphatic heterocycles. The minimum atomic E-state index is 0. The third kappa shape index (κ3) is 3.14. The number of aromatic nitrogens is 4. The molecule has 0 spiro atoms. The molecule has 2 saturated carbocycles. The Morgan fingerprint density at radius 1 is 1.23 bits per heavy atom. The first-order valence-electron chi connectivity index (χ1n) is 8.10. The summed E-state index contributed by atoms with van der Waals surface area (Å²) in [7, 11) is 2.01. The first-order valence-corrected chi connectivity index (χ1v) is 8.10. The van der Waals surface area contributed by atoms with Crippen LogP contribution in [0.5, 0.6) is 0 Å². The molecule has 1 N–H and O–H groups in total. The van der Waals surface area contributed by atoms with Crippen molar-refractivity contribution in [3.63, 3.8) is 0 Å². The fourth-order valence-electron chi connectivity index (χ4n) is 3.26. The fraction of sp³-hybridized carbons (Fsp3) is 0.625. The van der Waals surface area contributed by atoms with Gasteiger partial charge in [-0.1, -0.05) is 12.8 Å². The summed E-state index contributed by atoms with van der Waals surface area (Å²) >= 11 is 0. The molecule has 4 rings (SSSR count). The highest BCUT2D eigenvalue weighted by atomic mass is 35.5. The summed E-state index contributed by atoms with van der Waals surface area (Å²) in [6.45, 7) is 0.816. The zero-order chi connectivity index (χ0) is 14.2. The number of halogens is 1. The molecule has 0 saturated heterocycles. The first kappa shape index (κ1) is 15.4. The molecule has 120 valence electrons. The van der Waals surface area contributed by atoms with E-state index in [2.05, 4.69) is 32.5 Å². The minimum absolute atomic E-state index is 0. The van der Waals surface area contributed by atoms with Crippen LogP contribution in [0.4, 0.5) is 5.82 Å². The van der Waals surface area contributed by atoms with Gasteiger partial charge in [0.25, 0.3) is 0 Å². The van der Waals surface area contributed by atoms with E-state index >= 15 is 0 Å². The molecule has 2 aromatic heterocycles. The summed E-state index contributed by atoms with van der Waals surface area (Å²) in [5.41, 5.74) is 2.48. The monoisotopic (exact) mass is 321 g/mol. The van der Waals surface area contributed by atoms with E-state index in [0.29, 0.717) is 12.0 Å². The average Bonchev–Trinajstić information content (AvgIpc) is 2.92. The topological polar surface area (TPSA) is 47.7 Å². The van der Waals surface area contributed by atoms with Gasteiger partial charge in [-0.2, -0.15) is 10.2 Å². The zero-order valence-electron chi connectivity index (χ0n) is 13.0. The van der Waals surface area contributed by atoms with Crippen molar-refractivity contribution >= 4 is 18.2 Å². The van der Waals surface area contributed by atoms with Crippen molar-refractivity contribution in [3.05, 3.63) is 29.7 Å². The van der Waals surface area contributed by atoms with Gasteiger partial charge >= 0.3 is 0 Å². The van der Waals surface area contributed by atoms with Crippen molar-refractivity contribution in [2.75, 3.05) is 5.32 Å². The summed E-state index contributed by atoms with van der Waals surface area (Å²) in [4.78, 5) is 0. The van der Waals surface area contributed by atoms with E-state index in [-0.39, 0.29) is 12.4 Å². The van der Waals surface area contributed by atoms with Gasteiger partial charge in [-0.05, 0) is 25.7 Å². The Morgan fingerprint density at radius 3 is 2.73 bits per heavy atom. The molecule has 0 unspecified atom stereocenters. The molecule has 2 aliphatic rings. The summed E-state index contributed by atoms with van der Waals surface area (Å²) in [5, 5.41) is 12.6. The molecule has 6 heteroatoms. The lowest BCUT2D eigenvalue weighted by atomic mass is 10.2. The second-order valence-corrected chi connectivity index (χ2v) is 6.47. The van der Waals surface area contributed by atoms with Crippen molar-refractivity contribution in [2.45, 2.75) is 57.0 Å². The van der Waals surface area contributed by atoms with Crippen molar-refractivity contribution in [1.29, 1.82) is 0 Å². The maximum atomic E-state index is 4.59. The van der Waals surface area contributed by atoms with Gasteiger partial charge in [0.1, 0.15) is 5.82 Å². The Labute approximate surface area is 137 Å². The largest absolute Gasteiger partial charge is 0.366 e. The predicted molar refractivity (Wildman–Crippen MR) is 89.5 cm³/mol. The van der Waals surface area contributed by atoms with E-state index < -0.39 is 0 Å². The number of hydrogen-bond donors (Lipinski definition) is 1. The van der Waals surface area contributed by atoms with Gasteiger partial charge in [0.2, 0.25) is 0 Å². The predicted octanol–water partition coefficient (Wildman–Crippen LogP) is 3.64. The van der Waals surface area contributed by atoms with Crippen LogP contribution in [0.25, 0.3) is 0 Å². The molecule has 2 aliphatic carbocycles. The Morgan fingerprint density at radius 2 is 2.00 bits per heavy atom. The molecule has 0 bridgehead atoms. The Hall–Kier alpha value is -1.49. The molecule has 2 fully saturated rings. The van der Waals surface area contributed by atoms with E-state index in [9.17, 15) is 0 Å². The van der Waals surface area contributed by atoms with Gasteiger partial charge in [-0.25, -0.2) is 0 Å². The van der Waals surface area contributed by atoms with E-state index in [1.807, 2.05) is 17.9 Å². The van der Waals surface area contributed by atoms with Crippen molar-refractivity contribution in [3.8, 4) is 0 Å². The highest BCUT2D eigenvalue weighted by Crippen LogP contribution is 2.39. The maximum Gasteiger partial charge on any atom is 0.124 e. The smallest absolute Gasteiger partial charge is 0.124 e. The van der Waals surface area contributed by atoms with Crippen LogP contribution in [0.15, 0.2) is 18.5 Å². The number of anilines is 1. The van der Waals surface area contributed by atoms with Gasteiger partial charge in [-0.15, -0.1) is 12.4 Å². The van der Waals surface area contributed by atoms with Crippen LogP contribution in [0.1, 0.15) is 61.7 Å². The second kappa shape index (κ2) is 6.32. The Bertz CT molecular complexity index is 622. The average molecular weight is 322 g/mol. The van der Waals surface area contributed by atoms with Crippen LogP contribution in [0.2, 0.25) is 0 Å². The Kier molecular flexibility index (Phi) is 4.43. The third-order valence-electron chi connectivity index (χ3n) is 4.72. The summed E-state index contributed by atoms with van der Waals surface area (Å²) in [5.74, 6) is 1.81. The molecule has 22 heavy (non-hydrogen) atoms. The fourth-order valence-corrected chi connectivity index (χ4v) is 3.26. The van der Waals surface area contributed by atoms with Crippen LogP contribution < -0.4 is 5.32 Å². The lowest BCUT2D eigenvalue weighted by Crippen LogP contribution is -2.05. The van der Waals surface area contributed by atoms with Gasteiger partial charge < -0.3 is 5.32 Å². The van der Waals surface area contributed by atoms with Crippen LogP contribution >= 0.6 is 12.4 Å². The maximum absolute atomic E-state index is 4.59. The number of hydrogen-bond acceptors (Lipinski definition) is 3. The molecular weight excluding hydrogens is 298 g/mol. The first-order chi connectivity index (χ1) is 10.3. The highest BCUT2D eigenvalue weighted by Gasteiger charge is 2.26. The lowest BCUT2D eigenvalue weighted by molar-refractivity contribution is 0.466. The van der Waals surface area contributed by atoms with Crippen LogP contribution in [-0.4, -0.2) is 19.6 Å². The van der Waals surface area contributed by atoms with Crippen LogP contribution in [0.3, 0.4) is 0 Å². The molecule has 0 aromatic carbocycles. The second-order valence-electron chi connectivity index (χ2n) is 6.47. The standard InChI is InChI=1S/C16H23N5.ClH/c1-20-16(8-15(19-20)13-6-7-13)17-9-12-10-18-21(11-12)14-4-2-3-5-14;/h8,10-11,13-14,17H,2-7,9H2,1H3;1H. The van der Waals surface area contributed by atoms with Crippen molar-refractivity contribution < 1.29 is 0 Å². The van der Waals surface area contributed by atoms with Crippen molar-refractivity contribution in [2.24, 2.45) is 7.05 Å². The molecule has 0 atom stereocenters. The summed E-state index contributed by atoms with van der Waals surface area (Å²) < 4.78 is 4.11. The summed E-state index contributed by atoms with van der Waals surface area (Å²) in [6.07, 6.45) is 12.0. The lowest BCUT2D eigenvalue weighted by Gasteiger charge is -2.08. The number of aryl methyl sites for hydroxylation is 1. The van der Waals surface area contributed by atoms with Crippen molar-refractivity contribution in [1.82, 2.24) is 19.6 Å². The zero-order valence-corrected chi connectivity index (χ0v) is 13.9. The molecule has 0 radical (unpaired) electrons. The molecule has 2 aromatic rings. The third-order valence-corrected chi connectivity index (χ3v) is 4.72. The minimum Gasteiger partial charge on any atom is -0.366 e. The number of nitrogens with one attached hydrogen (secondary N) is 1. The SMILES string of the molecule is Cl.Cn1nc(C2CC2)cc1NCc1cnn(C2CCCC2)c1. The van der Waals surface area contributed by atoms with Crippen LogP contribution in [0, 0.1) is 0 Å². The highest BCUT2D eigenvalue weighted by molar-refractivity contribution is 5.85. The van der Waals surface area contributed by atoms with E-state index in [1.54, 1.807) is 0 Å². The quantitative estimate of drug-likeness (QED) is 0.914. The Balaban J connectivity index is 0.00000144. The van der Waals surface area contributed by atoms with Gasteiger partial charge in [0.05, 0.1) is 17.9 Å². The van der Waals surface area contributed by atoms with E-state index in [1.165, 1.54) is 49.8 Å². The molecule has 0 amide bonds. The normalized spacial score (nSPS) is 18.4. The molecule has 2 heterocycles. The molecule has 5 nitrogen and oxygen atoms in total. The van der Waals surface area contributed by atoms with Gasteiger partial charge in [-0.3, -0.25) is 9.36 Å². The molecular formula is C16H24ClN5. The van der Waals surface area contributed by atoms with Crippen LogP contribution in [-0.2, 0) is 13.6 Å². The van der Waals surface area contributed by atoms with Gasteiger partial charge in [0, 0.05) is 37.3 Å². The number of rotatable bonds is 5.